The molecule has 0 unspecified atom stereocenters. The molecule has 3 heteroatoms. The van der Waals surface area contributed by atoms with Gasteiger partial charge in [0.2, 0.25) is 0 Å². The first-order chi connectivity index (χ1) is 7.18. The lowest BCUT2D eigenvalue weighted by molar-refractivity contribution is -0.124. The first kappa shape index (κ1) is 10.6. The largest absolute Gasteiger partial charge is 0.299 e. The molecule has 1 aromatic carbocycles. The molecular formula is C12H12ClFO. The maximum atomic E-state index is 13.4. The molecule has 1 aromatic rings. The van der Waals surface area contributed by atoms with Crippen LogP contribution in [0.3, 0.4) is 0 Å². The van der Waals surface area contributed by atoms with Crippen LogP contribution in [0, 0.1) is 11.7 Å². The van der Waals surface area contributed by atoms with Gasteiger partial charge in [0.1, 0.15) is 11.6 Å². The zero-order valence-electron chi connectivity index (χ0n) is 8.30. The number of carbonyl (C=O) groups excluding carboxylic acids is 1. The van der Waals surface area contributed by atoms with E-state index in [9.17, 15) is 9.18 Å². The Labute approximate surface area is 93.2 Å². The Hall–Kier alpha value is -0.890. The van der Waals surface area contributed by atoms with Gasteiger partial charge in [0.05, 0.1) is 0 Å². The molecule has 1 nitrogen and oxygen atoms in total. The van der Waals surface area contributed by atoms with Crippen LogP contribution in [0.1, 0.15) is 24.8 Å². The minimum atomic E-state index is -0.379. The van der Waals surface area contributed by atoms with E-state index < -0.39 is 0 Å². The third kappa shape index (κ3) is 2.20. The minimum Gasteiger partial charge on any atom is -0.299 e. The molecule has 0 heterocycles. The van der Waals surface area contributed by atoms with Crippen LogP contribution in [0.15, 0.2) is 18.2 Å². The third-order valence-electron chi connectivity index (χ3n) is 2.97. The van der Waals surface area contributed by atoms with Crippen molar-refractivity contribution in [1.29, 1.82) is 0 Å². The van der Waals surface area contributed by atoms with Gasteiger partial charge in [0, 0.05) is 22.9 Å². The number of Topliss-reactive ketones (excluding diaryl/α,β-unsaturated/α-hetero) is 1. The average Bonchev–Trinajstić information content (AvgIpc) is 2.08. The van der Waals surface area contributed by atoms with Crippen molar-refractivity contribution in [3.05, 3.63) is 34.6 Å². The summed E-state index contributed by atoms with van der Waals surface area (Å²) in [5, 5.41) is 0.350. The van der Waals surface area contributed by atoms with Gasteiger partial charge in [0.25, 0.3) is 0 Å². The second-order valence-corrected chi connectivity index (χ2v) is 4.38. The summed E-state index contributed by atoms with van der Waals surface area (Å²) in [4.78, 5) is 11.7. The minimum absolute atomic E-state index is 0.119. The Morgan fingerprint density at radius 2 is 2.20 bits per heavy atom. The zero-order valence-corrected chi connectivity index (χ0v) is 9.06. The first-order valence-corrected chi connectivity index (χ1v) is 5.52. The van der Waals surface area contributed by atoms with Gasteiger partial charge in [-0.3, -0.25) is 4.79 Å². The van der Waals surface area contributed by atoms with Gasteiger partial charge in [-0.25, -0.2) is 4.39 Å². The van der Waals surface area contributed by atoms with E-state index in [1.165, 1.54) is 6.07 Å². The first-order valence-electron chi connectivity index (χ1n) is 5.14. The van der Waals surface area contributed by atoms with Gasteiger partial charge in [-0.05, 0) is 25.0 Å². The molecule has 2 rings (SSSR count). The highest BCUT2D eigenvalue weighted by atomic mass is 35.5. The maximum absolute atomic E-state index is 13.4. The summed E-state index contributed by atoms with van der Waals surface area (Å²) < 4.78 is 13.4. The van der Waals surface area contributed by atoms with Crippen molar-refractivity contribution in [3.63, 3.8) is 0 Å². The van der Waals surface area contributed by atoms with E-state index in [0.717, 1.165) is 19.3 Å². The van der Waals surface area contributed by atoms with Gasteiger partial charge in [0.15, 0.2) is 0 Å². The number of hydrogen-bond acceptors (Lipinski definition) is 1. The topological polar surface area (TPSA) is 17.1 Å². The molecule has 1 aliphatic carbocycles. The van der Waals surface area contributed by atoms with Crippen molar-refractivity contribution in [2.24, 2.45) is 5.92 Å². The van der Waals surface area contributed by atoms with E-state index in [2.05, 4.69) is 0 Å². The molecule has 0 N–H and O–H groups in total. The van der Waals surface area contributed by atoms with Crippen molar-refractivity contribution < 1.29 is 9.18 Å². The number of rotatable bonds is 3. The zero-order chi connectivity index (χ0) is 10.8. The summed E-state index contributed by atoms with van der Waals surface area (Å²) in [5.74, 6) is -0.121. The monoisotopic (exact) mass is 226 g/mol. The van der Waals surface area contributed by atoms with E-state index in [-0.39, 0.29) is 23.9 Å². The molecule has 0 saturated heterocycles. The maximum Gasteiger partial charge on any atom is 0.140 e. The SMILES string of the molecule is O=C(Cc1c(F)cccc1Cl)C1CCC1. The molecular weight excluding hydrogens is 215 g/mol. The molecule has 1 saturated carbocycles. The second-order valence-electron chi connectivity index (χ2n) is 3.97. The predicted octanol–water partition coefficient (Wildman–Crippen LogP) is 3.39. The molecule has 15 heavy (non-hydrogen) atoms. The molecule has 0 aromatic heterocycles. The van der Waals surface area contributed by atoms with Crippen LogP contribution in [0.2, 0.25) is 5.02 Å². The molecule has 0 atom stereocenters. The quantitative estimate of drug-likeness (QED) is 0.772. The predicted molar refractivity (Wildman–Crippen MR) is 57.5 cm³/mol. The molecule has 0 radical (unpaired) electrons. The summed E-state index contributed by atoms with van der Waals surface area (Å²) in [6, 6.07) is 4.51. The summed E-state index contributed by atoms with van der Waals surface area (Å²) in [5.41, 5.74) is 0.344. The molecule has 0 aliphatic heterocycles. The fraction of sp³-hybridized carbons (Fsp3) is 0.417. The van der Waals surface area contributed by atoms with Crippen molar-refractivity contribution >= 4 is 17.4 Å². The third-order valence-corrected chi connectivity index (χ3v) is 3.33. The van der Waals surface area contributed by atoms with Gasteiger partial charge in [-0.15, -0.1) is 0 Å². The molecule has 0 bridgehead atoms. The van der Waals surface area contributed by atoms with Gasteiger partial charge in [-0.1, -0.05) is 24.1 Å². The fourth-order valence-electron chi connectivity index (χ4n) is 1.75. The number of hydrogen-bond donors (Lipinski definition) is 0. The number of carbonyl (C=O) groups is 1. The lowest BCUT2D eigenvalue weighted by Crippen LogP contribution is -2.23. The lowest BCUT2D eigenvalue weighted by atomic mass is 9.80. The van der Waals surface area contributed by atoms with E-state index in [1.54, 1.807) is 12.1 Å². The average molecular weight is 227 g/mol. The summed E-state index contributed by atoms with van der Waals surface area (Å²) >= 11 is 5.85. The molecule has 1 aliphatic rings. The van der Waals surface area contributed by atoms with Crippen molar-refractivity contribution in [1.82, 2.24) is 0 Å². The second kappa shape index (κ2) is 4.31. The summed E-state index contributed by atoms with van der Waals surface area (Å²) in [7, 11) is 0. The Morgan fingerprint density at radius 3 is 2.73 bits per heavy atom. The smallest absolute Gasteiger partial charge is 0.140 e. The fourth-order valence-corrected chi connectivity index (χ4v) is 1.98. The van der Waals surface area contributed by atoms with E-state index in [4.69, 9.17) is 11.6 Å². The van der Waals surface area contributed by atoms with Crippen LogP contribution in [0.25, 0.3) is 0 Å². The molecule has 1 fully saturated rings. The molecule has 0 spiro atoms. The van der Waals surface area contributed by atoms with Crippen molar-refractivity contribution in [3.8, 4) is 0 Å². The van der Waals surface area contributed by atoms with Gasteiger partial charge in [-0.2, -0.15) is 0 Å². The molecule has 80 valence electrons. The summed E-state index contributed by atoms with van der Waals surface area (Å²) in [6.45, 7) is 0. The standard InChI is InChI=1S/C12H12ClFO/c13-10-5-2-6-11(14)9(10)7-12(15)8-3-1-4-8/h2,5-6,8H,1,3-4,7H2. The highest BCUT2D eigenvalue weighted by Crippen LogP contribution is 2.29. The molecule has 0 amide bonds. The van der Waals surface area contributed by atoms with E-state index >= 15 is 0 Å². The number of halogens is 2. The Bertz CT molecular complexity index is 365. The van der Waals surface area contributed by atoms with Crippen LogP contribution >= 0.6 is 11.6 Å². The van der Waals surface area contributed by atoms with Crippen LogP contribution in [-0.2, 0) is 11.2 Å². The lowest BCUT2D eigenvalue weighted by Gasteiger charge is -2.23. The Morgan fingerprint density at radius 1 is 1.47 bits per heavy atom. The van der Waals surface area contributed by atoms with Gasteiger partial charge >= 0.3 is 0 Å². The highest BCUT2D eigenvalue weighted by molar-refractivity contribution is 6.31. The van der Waals surface area contributed by atoms with E-state index in [0.29, 0.717) is 10.6 Å². The highest BCUT2D eigenvalue weighted by Gasteiger charge is 2.26. The van der Waals surface area contributed by atoms with Crippen LogP contribution < -0.4 is 0 Å². The Balaban J connectivity index is 2.12. The number of benzene rings is 1. The Kier molecular flexibility index (Phi) is 3.06. The number of ketones is 1. The van der Waals surface area contributed by atoms with Crippen LogP contribution in [-0.4, -0.2) is 5.78 Å². The van der Waals surface area contributed by atoms with Crippen molar-refractivity contribution in [2.75, 3.05) is 0 Å². The van der Waals surface area contributed by atoms with E-state index in [1.807, 2.05) is 0 Å². The summed E-state index contributed by atoms with van der Waals surface area (Å²) in [6.07, 6.45) is 3.15. The van der Waals surface area contributed by atoms with Crippen LogP contribution in [0.4, 0.5) is 4.39 Å². The van der Waals surface area contributed by atoms with Gasteiger partial charge < -0.3 is 0 Å². The van der Waals surface area contributed by atoms with Crippen LogP contribution in [0.5, 0.6) is 0 Å². The normalized spacial score (nSPS) is 16.1. The van der Waals surface area contributed by atoms with Crippen molar-refractivity contribution in [2.45, 2.75) is 25.7 Å².